The van der Waals surface area contributed by atoms with Crippen LogP contribution in [0.2, 0.25) is 0 Å². The van der Waals surface area contributed by atoms with E-state index in [0.29, 0.717) is 6.54 Å². The number of amides is 1. The molecule has 4 nitrogen and oxygen atoms in total. The van der Waals surface area contributed by atoms with Gasteiger partial charge in [-0.2, -0.15) is 0 Å². The largest absolute Gasteiger partial charge is 0.347 e. The van der Waals surface area contributed by atoms with Gasteiger partial charge in [-0.25, -0.2) is 4.39 Å². The fraction of sp³-hybridized carbons (Fsp3) is 0.455. The van der Waals surface area contributed by atoms with Crippen molar-refractivity contribution in [3.05, 3.63) is 65.7 Å². The standard InChI is InChI=1S/C22H26FN3O/c23-19-8-2-1-6-17(19)14-26-13-5-7-18(15-26)21(20-9-3-4-12-24-20)25-22(27)16-10-11-16/h1-4,6,8-9,12,16,18,21H,5,7,10-11,13-15H2,(H,25,27)/t18-,21+/m1/s1. The highest BCUT2D eigenvalue weighted by atomic mass is 19.1. The van der Waals surface area contributed by atoms with Gasteiger partial charge in [-0.15, -0.1) is 0 Å². The molecule has 0 bridgehead atoms. The van der Waals surface area contributed by atoms with Gasteiger partial charge in [0.25, 0.3) is 0 Å². The Morgan fingerprint density at radius 3 is 2.74 bits per heavy atom. The number of piperidine rings is 1. The lowest BCUT2D eigenvalue weighted by Gasteiger charge is -2.37. The number of hydrogen-bond donors (Lipinski definition) is 1. The maximum absolute atomic E-state index is 14.0. The van der Waals surface area contributed by atoms with Crippen molar-refractivity contribution in [3.8, 4) is 0 Å². The molecule has 1 aliphatic heterocycles. The van der Waals surface area contributed by atoms with Crippen molar-refractivity contribution >= 4 is 5.91 Å². The van der Waals surface area contributed by atoms with E-state index < -0.39 is 0 Å². The third-order valence-corrected chi connectivity index (χ3v) is 5.62. The Kier molecular flexibility index (Phi) is 5.48. The zero-order valence-corrected chi connectivity index (χ0v) is 15.5. The van der Waals surface area contributed by atoms with Crippen LogP contribution < -0.4 is 5.32 Å². The van der Waals surface area contributed by atoms with Crippen molar-refractivity contribution in [2.24, 2.45) is 11.8 Å². The maximum atomic E-state index is 14.0. The molecule has 1 aromatic carbocycles. The second-order valence-electron chi connectivity index (χ2n) is 7.74. The number of carbonyl (C=O) groups excluding carboxylic acids is 1. The molecule has 2 aromatic rings. The van der Waals surface area contributed by atoms with Crippen LogP contribution in [0.1, 0.15) is 43.0 Å². The van der Waals surface area contributed by atoms with Crippen LogP contribution in [0.3, 0.4) is 0 Å². The van der Waals surface area contributed by atoms with Crippen LogP contribution in [-0.2, 0) is 11.3 Å². The van der Waals surface area contributed by atoms with Gasteiger partial charge in [0.15, 0.2) is 0 Å². The molecule has 142 valence electrons. The van der Waals surface area contributed by atoms with E-state index in [1.165, 1.54) is 6.07 Å². The Morgan fingerprint density at radius 2 is 2.00 bits per heavy atom. The van der Waals surface area contributed by atoms with Crippen LogP contribution in [0.5, 0.6) is 0 Å². The molecule has 5 heteroatoms. The molecule has 0 unspecified atom stereocenters. The van der Waals surface area contributed by atoms with Crippen molar-refractivity contribution in [3.63, 3.8) is 0 Å². The summed E-state index contributed by atoms with van der Waals surface area (Å²) in [7, 11) is 0. The van der Waals surface area contributed by atoms with Crippen molar-refractivity contribution in [2.45, 2.75) is 38.3 Å². The number of pyridine rings is 1. The molecular weight excluding hydrogens is 341 g/mol. The first-order valence-electron chi connectivity index (χ1n) is 9.88. The van der Waals surface area contributed by atoms with Crippen LogP contribution in [0, 0.1) is 17.7 Å². The average molecular weight is 367 g/mol. The summed E-state index contributed by atoms with van der Waals surface area (Å²) >= 11 is 0. The van der Waals surface area contributed by atoms with Crippen LogP contribution in [0.15, 0.2) is 48.7 Å². The number of hydrogen-bond acceptors (Lipinski definition) is 3. The van der Waals surface area contributed by atoms with Gasteiger partial charge in [0.1, 0.15) is 5.82 Å². The SMILES string of the molecule is O=C(N[C@H](c1ccccn1)[C@@H]1CCCN(Cc2ccccc2F)C1)C1CC1. The first-order valence-corrected chi connectivity index (χ1v) is 9.88. The predicted molar refractivity (Wildman–Crippen MR) is 102 cm³/mol. The summed E-state index contributed by atoms with van der Waals surface area (Å²) in [6.45, 7) is 2.39. The molecule has 0 radical (unpaired) electrons. The summed E-state index contributed by atoms with van der Waals surface area (Å²) in [4.78, 5) is 19.3. The van der Waals surface area contributed by atoms with E-state index in [4.69, 9.17) is 0 Å². The minimum Gasteiger partial charge on any atom is -0.347 e. The first-order chi connectivity index (χ1) is 13.2. The van der Waals surface area contributed by atoms with Gasteiger partial charge >= 0.3 is 0 Å². The third kappa shape index (κ3) is 4.53. The molecule has 1 aliphatic carbocycles. The number of rotatable bonds is 6. The van der Waals surface area contributed by atoms with Crippen molar-refractivity contribution in [1.82, 2.24) is 15.2 Å². The van der Waals surface area contributed by atoms with Crippen molar-refractivity contribution in [2.75, 3.05) is 13.1 Å². The molecular formula is C22H26FN3O. The Morgan fingerprint density at radius 1 is 1.19 bits per heavy atom. The number of nitrogens with zero attached hydrogens (tertiary/aromatic N) is 2. The van der Waals surface area contributed by atoms with E-state index in [-0.39, 0.29) is 29.6 Å². The smallest absolute Gasteiger partial charge is 0.223 e. The number of nitrogens with one attached hydrogen (secondary N) is 1. The summed E-state index contributed by atoms with van der Waals surface area (Å²) in [5.74, 6) is 0.456. The lowest BCUT2D eigenvalue weighted by molar-refractivity contribution is -0.123. The van der Waals surface area contributed by atoms with Gasteiger partial charge < -0.3 is 5.32 Å². The average Bonchev–Trinajstić information content (AvgIpc) is 3.54. The second-order valence-corrected chi connectivity index (χ2v) is 7.74. The third-order valence-electron chi connectivity index (χ3n) is 5.62. The number of halogens is 1. The second kappa shape index (κ2) is 8.17. The van der Waals surface area contributed by atoms with Gasteiger partial charge in [-0.3, -0.25) is 14.7 Å². The van der Waals surface area contributed by atoms with Crippen LogP contribution in [0.25, 0.3) is 0 Å². The van der Waals surface area contributed by atoms with E-state index in [1.54, 1.807) is 12.3 Å². The van der Waals surface area contributed by atoms with Gasteiger partial charge in [0.2, 0.25) is 5.91 Å². The fourth-order valence-corrected chi connectivity index (χ4v) is 3.98. The minimum absolute atomic E-state index is 0.0808. The highest BCUT2D eigenvalue weighted by molar-refractivity contribution is 5.81. The van der Waals surface area contributed by atoms with E-state index >= 15 is 0 Å². The van der Waals surface area contributed by atoms with E-state index in [2.05, 4.69) is 15.2 Å². The van der Waals surface area contributed by atoms with Gasteiger partial charge in [-0.1, -0.05) is 24.3 Å². The quantitative estimate of drug-likeness (QED) is 0.847. The Labute approximate surface area is 159 Å². The molecule has 2 fully saturated rings. The Balaban J connectivity index is 1.49. The Bertz CT molecular complexity index is 778. The van der Waals surface area contributed by atoms with E-state index in [9.17, 15) is 9.18 Å². The lowest BCUT2D eigenvalue weighted by Crippen LogP contribution is -2.43. The highest BCUT2D eigenvalue weighted by Crippen LogP contribution is 2.33. The van der Waals surface area contributed by atoms with Crippen molar-refractivity contribution < 1.29 is 9.18 Å². The summed E-state index contributed by atoms with van der Waals surface area (Å²) in [5.41, 5.74) is 1.65. The van der Waals surface area contributed by atoms with Gasteiger partial charge in [0.05, 0.1) is 11.7 Å². The predicted octanol–water partition coefficient (Wildman–Crippen LogP) is 3.70. The summed E-state index contributed by atoms with van der Waals surface area (Å²) in [5, 5.41) is 3.26. The molecule has 2 aliphatic rings. The summed E-state index contributed by atoms with van der Waals surface area (Å²) < 4.78 is 14.0. The minimum atomic E-state index is -0.150. The molecule has 1 amide bonds. The Hall–Kier alpha value is -2.27. The molecule has 4 rings (SSSR count). The number of likely N-dealkylation sites (tertiary alicyclic amines) is 1. The first kappa shape index (κ1) is 18.1. The molecule has 0 spiro atoms. The normalized spacial score (nSPS) is 21.6. The number of carbonyl (C=O) groups is 1. The topological polar surface area (TPSA) is 45.2 Å². The van der Waals surface area contributed by atoms with Gasteiger partial charge in [0, 0.05) is 30.8 Å². The fourth-order valence-electron chi connectivity index (χ4n) is 3.98. The zero-order chi connectivity index (χ0) is 18.6. The molecule has 1 aromatic heterocycles. The molecule has 1 saturated heterocycles. The van der Waals surface area contributed by atoms with Crippen LogP contribution in [0.4, 0.5) is 4.39 Å². The van der Waals surface area contributed by atoms with Crippen LogP contribution in [-0.4, -0.2) is 28.9 Å². The summed E-state index contributed by atoms with van der Waals surface area (Å²) in [6.07, 6.45) is 5.85. The van der Waals surface area contributed by atoms with Crippen molar-refractivity contribution in [1.29, 1.82) is 0 Å². The molecule has 2 heterocycles. The van der Waals surface area contributed by atoms with Crippen LogP contribution >= 0.6 is 0 Å². The number of aromatic nitrogens is 1. The summed E-state index contributed by atoms with van der Waals surface area (Å²) in [6, 6.07) is 12.8. The molecule has 1 N–H and O–H groups in total. The van der Waals surface area contributed by atoms with E-state index in [1.807, 2.05) is 30.3 Å². The molecule has 27 heavy (non-hydrogen) atoms. The zero-order valence-electron chi connectivity index (χ0n) is 15.5. The molecule has 1 saturated carbocycles. The van der Waals surface area contributed by atoms with E-state index in [0.717, 1.165) is 50.0 Å². The lowest BCUT2D eigenvalue weighted by atomic mass is 9.88. The van der Waals surface area contributed by atoms with Gasteiger partial charge in [-0.05, 0) is 56.3 Å². The number of benzene rings is 1. The monoisotopic (exact) mass is 367 g/mol. The highest BCUT2D eigenvalue weighted by Gasteiger charge is 2.35. The molecule has 2 atom stereocenters. The maximum Gasteiger partial charge on any atom is 0.223 e.